The van der Waals surface area contributed by atoms with Crippen LogP contribution in [-0.2, 0) is 6.54 Å². The van der Waals surface area contributed by atoms with Gasteiger partial charge < -0.3 is 4.90 Å². The summed E-state index contributed by atoms with van der Waals surface area (Å²) in [7, 11) is 1.70. The SMILES string of the molecule is CN(Cc1cccc(F)c1)C(=O)c1cnc(-c2ccccc2)s1. The van der Waals surface area contributed by atoms with Gasteiger partial charge in [-0.3, -0.25) is 4.79 Å². The van der Waals surface area contributed by atoms with Crippen molar-refractivity contribution < 1.29 is 9.18 Å². The van der Waals surface area contributed by atoms with E-state index in [0.29, 0.717) is 11.4 Å². The molecule has 23 heavy (non-hydrogen) atoms. The number of benzene rings is 2. The van der Waals surface area contributed by atoms with Crippen LogP contribution in [0.2, 0.25) is 0 Å². The van der Waals surface area contributed by atoms with Gasteiger partial charge in [-0.1, -0.05) is 42.5 Å². The number of hydrogen-bond donors (Lipinski definition) is 0. The molecule has 0 unspecified atom stereocenters. The molecule has 2 aromatic carbocycles. The molecule has 0 spiro atoms. The third kappa shape index (κ3) is 3.63. The lowest BCUT2D eigenvalue weighted by Crippen LogP contribution is -2.25. The van der Waals surface area contributed by atoms with Gasteiger partial charge in [-0.05, 0) is 17.7 Å². The number of carbonyl (C=O) groups is 1. The van der Waals surface area contributed by atoms with E-state index < -0.39 is 0 Å². The van der Waals surface area contributed by atoms with Crippen LogP contribution in [-0.4, -0.2) is 22.8 Å². The van der Waals surface area contributed by atoms with Crippen molar-refractivity contribution in [3.05, 3.63) is 77.1 Å². The van der Waals surface area contributed by atoms with Crippen molar-refractivity contribution >= 4 is 17.2 Å². The van der Waals surface area contributed by atoms with Gasteiger partial charge in [-0.25, -0.2) is 9.37 Å². The number of halogens is 1. The maximum atomic E-state index is 13.2. The molecule has 1 heterocycles. The molecule has 0 atom stereocenters. The molecular formula is C18H15FN2OS. The van der Waals surface area contributed by atoms with Gasteiger partial charge in [-0.15, -0.1) is 11.3 Å². The largest absolute Gasteiger partial charge is 0.337 e. The highest BCUT2D eigenvalue weighted by Crippen LogP contribution is 2.25. The van der Waals surface area contributed by atoms with Crippen LogP contribution in [0.15, 0.2) is 60.8 Å². The summed E-state index contributed by atoms with van der Waals surface area (Å²) in [6.45, 7) is 0.356. The molecule has 0 aliphatic carbocycles. The van der Waals surface area contributed by atoms with Gasteiger partial charge in [0.1, 0.15) is 15.7 Å². The molecule has 5 heteroatoms. The van der Waals surface area contributed by atoms with Crippen LogP contribution in [0.3, 0.4) is 0 Å². The van der Waals surface area contributed by atoms with Crippen molar-refractivity contribution in [3.63, 3.8) is 0 Å². The van der Waals surface area contributed by atoms with E-state index in [4.69, 9.17) is 0 Å². The Hall–Kier alpha value is -2.53. The van der Waals surface area contributed by atoms with Gasteiger partial charge in [0.15, 0.2) is 0 Å². The summed E-state index contributed by atoms with van der Waals surface area (Å²) < 4.78 is 13.2. The van der Waals surface area contributed by atoms with E-state index >= 15 is 0 Å². The predicted molar refractivity (Wildman–Crippen MR) is 89.7 cm³/mol. The molecule has 1 aromatic heterocycles. The normalized spacial score (nSPS) is 10.5. The van der Waals surface area contributed by atoms with Crippen molar-refractivity contribution in [1.29, 1.82) is 0 Å². The fraction of sp³-hybridized carbons (Fsp3) is 0.111. The first kappa shape index (κ1) is 15.4. The summed E-state index contributed by atoms with van der Waals surface area (Å²) >= 11 is 1.36. The Morgan fingerprint density at radius 1 is 1.17 bits per heavy atom. The first-order valence-electron chi connectivity index (χ1n) is 7.14. The molecule has 116 valence electrons. The molecular weight excluding hydrogens is 311 g/mol. The number of carbonyl (C=O) groups excluding carboxylic acids is 1. The van der Waals surface area contributed by atoms with Crippen LogP contribution in [0.1, 0.15) is 15.2 Å². The van der Waals surface area contributed by atoms with Crippen LogP contribution >= 0.6 is 11.3 Å². The first-order valence-corrected chi connectivity index (χ1v) is 7.96. The third-order valence-electron chi connectivity index (χ3n) is 3.39. The number of aromatic nitrogens is 1. The van der Waals surface area contributed by atoms with Gasteiger partial charge in [0.2, 0.25) is 0 Å². The number of nitrogens with zero attached hydrogens (tertiary/aromatic N) is 2. The lowest BCUT2D eigenvalue weighted by atomic mass is 10.2. The van der Waals surface area contributed by atoms with Crippen molar-refractivity contribution in [2.45, 2.75) is 6.54 Å². The quantitative estimate of drug-likeness (QED) is 0.719. The Morgan fingerprint density at radius 3 is 2.70 bits per heavy atom. The molecule has 0 saturated heterocycles. The van der Waals surface area contributed by atoms with E-state index in [9.17, 15) is 9.18 Å². The Balaban J connectivity index is 1.74. The second-order valence-corrected chi connectivity index (χ2v) is 6.22. The molecule has 0 bridgehead atoms. The topological polar surface area (TPSA) is 33.2 Å². The van der Waals surface area contributed by atoms with Crippen LogP contribution in [0.5, 0.6) is 0 Å². The molecule has 3 nitrogen and oxygen atoms in total. The zero-order valence-electron chi connectivity index (χ0n) is 12.6. The summed E-state index contributed by atoms with van der Waals surface area (Å²) in [6, 6.07) is 16.0. The summed E-state index contributed by atoms with van der Waals surface area (Å²) in [5.74, 6) is -0.415. The van der Waals surface area contributed by atoms with Gasteiger partial charge in [0.05, 0.1) is 6.20 Å². The maximum absolute atomic E-state index is 13.2. The van der Waals surface area contributed by atoms with E-state index in [2.05, 4.69) is 4.98 Å². The number of amides is 1. The van der Waals surface area contributed by atoms with Crippen LogP contribution < -0.4 is 0 Å². The highest BCUT2D eigenvalue weighted by molar-refractivity contribution is 7.16. The van der Waals surface area contributed by atoms with Crippen molar-refractivity contribution in [1.82, 2.24) is 9.88 Å². The van der Waals surface area contributed by atoms with Gasteiger partial charge >= 0.3 is 0 Å². The Bertz CT molecular complexity index is 817. The maximum Gasteiger partial charge on any atom is 0.265 e. The van der Waals surface area contributed by atoms with Gasteiger partial charge in [0, 0.05) is 19.2 Å². The van der Waals surface area contributed by atoms with Crippen molar-refractivity contribution in [2.24, 2.45) is 0 Å². The fourth-order valence-corrected chi connectivity index (χ4v) is 3.17. The van der Waals surface area contributed by atoms with E-state index in [-0.39, 0.29) is 11.7 Å². The second-order valence-electron chi connectivity index (χ2n) is 5.19. The molecule has 0 aliphatic heterocycles. The third-order valence-corrected chi connectivity index (χ3v) is 4.43. The van der Waals surface area contributed by atoms with Crippen LogP contribution in [0.25, 0.3) is 10.6 Å². The molecule has 0 radical (unpaired) electrons. The Kier molecular flexibility index (Phi) is 4.48. The molecule has 3 aromatic rings. The smallest absolute Gasteiger partial charge is 0.265 e. The van der Waals surface area contributed by atoms with E-state index in [1.165, 1.54) is 23.5 Å². The zero-order valence-corrected chi connectivity index (χ0v) is 13.4. The molecule has 0 fully saturated rings. The van der Waals surface area contributed by atoms with Gasteiger partial charge in [0.25, 0.3) is 5.91 Å². The highest BCUT2D eigenvalue weighted by Gasteiger charge is 2.16. The highest BCUT2D eigenvalue weighted by atomic mass is 32.1. The average Bonchev–Trinajstić information content (AvgIpc) is 3.05. The molecule has 0 saturated carbocycles. The standard InChI is InChI=1S/C18H15FN2OS/c1-21(12-13-6-5-9-15(19)10-13)18(22)16-11-20-17(23-16)14-7-3-2-4-8-14/h2-11H,12H2,1H3. The number of thiazole rings is 1. The summed E-state index contributed by atoms with van der Waals surface area (Å²) in [5.41, 5.74) is 1.75. The molecule has 0 aliphatic rings. The minimum atomic E-state index is -0.299. The number of rotatable bonds is 4. The van der Waals surface area contributed by atoms with E-state index in [1.807, 2.05) is 30.3 Å². The second kappa shape index (κ2) is 6.71. The first-order chi connectivity index (χ1) is 11.1. The summed E-state index contributed by atoms with van der Waals surface area (Å²) in [6.07, 6.45) is 1.59. The summed E-state index contributed by atoms with van der Waals surface area (Å²) in [4.78, 5) is 18.9. The van der Waals surface area contributed by atoms with Crippen molar-refractivity contribution in [3.8, 4) is 10.6 Å². The minimum Gasteiger partial charge on any atom is -0.337 e. The molecule has 1 amide bonds. The van der Waals surface area contributed by atoms with Crippen molar-refractivity contribution in [2.75, 3.05) is 7.05 Å². The minimum absolute atomic E-state index is 0.117. The van der Waals surface area contributed by atoms with E-state index in [0.717, 1.165) is 16.1 Å². The zero-order chi connectivity index (χ0) is 16.2. The average molecular weight is 326 g/mol. The Labute approximate surface area is 138 Å². The van der Waals surface area contributed by atoms with Crippen LogP contribution in [0, 0.1) is 5.82 Å². The predicted octanol–water partition coefficient (Wildman–Crippen LogP) is 4.22. The van der Waals surface area contributed by atoms with Gasteiger partial charge in [-0.2, -0.15) is 0 Å². The van der Waals surface area contributed by atoms with Crippen LogP contribution in [0.4, 0.5) is 4.39 Å². The Morgan fingerprint density at radius 2 is 1.96 bits per heavy atom. The fourth-order valence-electron chi connectivity index (χ4n) is 2.26. The lowest BCUT2D eigenvalue weighted by molar-refractivity contribution is 0.0789. The number of hydrogen-bond acceptors (Lipinski definition) is 3. The summed E-state index contributed by atoms with van der Waals surface area (Å²) in [5, 5.41) is 0.813. The lowest BCUT2D eigenvalue weighted by Gasteiger charge is -2.16. The van der Waals surface area contributed by atoms with E-state index in [1.54, 1.807) is 30.3 Å². The molecule has 3 rings (SSSR count). The monoisotopic (exact) mass is 326 g/mol. The molecule has 0 N–H and O–H groups in total.